The van der Waals surface area contributed by atoms with Crippen molar-refractivity contribution in [3.8, 4) is 0 Å². The van der Waals surface area contributed by atoms with Crippen LogP contribution >= 0.6 is 23.2 Å². The van der Waals surface area contributed by atoms with Crippen molar-refractivity contribution in [3.63, 3.8) is 0 Å². The van der Waals surface area contributed by atoms with E-state index in [1.807, 2.05) is 0 Å². The molecule has 6 heteroatoms. The number of para-hydroxylation sites is 1. The highest BCUT2D eigenvalue weighted by molar-refractivity contribution is 6.35. The van der Waals surface area contributed by atoms with E-state index in [-0.39, 0.29) is 21.1 Å². The van der Waals surface area contributed by atoms with Crippen LogP contribution in [-0.4, -0.2) is 4.98 Å². The Balaban J connectivity index is 2.89. The third-order valence-corrected chi connectivity index (χ3v) is 2.56. The lowest BCUT2D eigenvalue weighted by atomic mass is 10.1. The molecule has 0 unspecified atom stereocenters. The first kappa shape index (κ1) is 11.5. The molecule has 1 aromatic heterocycles. The zero-order valence-electron chi connectivity index (χ0n) is 7.65. The number of nitrogens with zero attached hydrogens (tertiary/aromatic N) is 1. The fourth-order valence-electron chi connectivity index (χ4n) is 1.42. The normalized spacial score (nSPS) is 12.1. The van der Waals surface area contributed by atoms with E-state index < -0.39 is 11.7 Å². The van der Waals surface area contributed by atoms with Crippen LogP contribution in [0.15, 0.2) is 24.3 Å². The maximum Gasteiger partial charge on any atom is 0.417 e. The first-order chi connectivity index (χ1) is 7.39. The van der Waals surface area contributed by atoms with Gasteiger partial charge in [0.1, 0.15) is 5.15 Å². The summed E-state index contributed by atoms with van der Waals surface area (Å²) in [6, 6.07) is 5.01. The molecule has 0 bridgehead atoms. The minimum Gasteiger partial charge on any atom is -0.235 e. The third kappa shape index (κ3) is 1.95. The molecule has 0 aliphatic rings. The molecule has 0 N–H and O–H groups in total. The minimum atomic E-state index is -4.48. The summed E-state index contributed by atoms with van der Waals surface area (Å²) in [4.78, 5) is 3.78. The molecule has 0 aliphatic heterocycles. The van der Waals surface area contributed by atoms with Crippen LogP contribution in [0.2, 0.25) is 10.2 Å². The van der Waals surface area contributed by atoms with Crippen molar-refractivity contribution in [1.29, 1.82) is 0 Å². The number of rotatable bonds is 0. The smallest absolute Gasteiger partial charge is 0.235 e. The molecule has 0 amide bonds. The molecule has 0 fully saturated rings. The Morgan fingerprint density at radius 1 is 1.12 bits per heavy atom. The highest BCUT2D eigenvalue weighted by Gasteiger charge is 2.33. The molecule has 0 saturated carbocycles. The van der Waals surface area contributed by atoms with Gasteiger partial charge in [-0.3, -0.25) is 0 Å². The van der Waals surface area contributed by atoms with Crippen LogP contribution in [0.5, 0.6) is 0 Å². The molecular weight excluding hydrogens is 262 g/mol. The molecule has 16 heavy (non-hydrogen) atoms. The lowest BCUT2D eigenvalue weighted by Gasteiger charge is -2.10. The predicted molar refractivity (Wildman–Crippen MR) is 56.8 cm³/mol. The number of alkyl halides is 3. The summed E-state index contributed by atoms with van der Waals surface area (Å²) >= 11 is 11.3. The molecule has 84 valence electrons. The van der Waals surface area contributed by atoms with Gasteiger partial charge in [0.15, 0.2) is 0 Å². The van der Waals surface area contributed by atoms with Crippen LogP contribution in [-0.2, 0) is 6.18 Å². The van der Waals surface area contributed by atoms with E-state index in [0.29, 0.717) is 0 Å². The number of hydrogen-bond acceptors (Lipinski definition) is 1. The fraction of sp³-hybridized carbons (Fsp3) is 0.100. The van der Waals surface area contributed by atoms with Crippen molar-refractivity contribution in [1.82, 2.24) is 4.98 Å². The van der Waals surface area contributed by atoms with Gasteiger partial charge in [-0.25, -0.2) is 4.98 Å². The van der Waals surface area contributed by atoms with Crippen LogP contribution in [0.1, 0.15) is 5.56 Å². The average molecular weight is 266 g/mol. The Morgan fingerprint density at radius 2 is 1.81 bits per heavy atom. The molecule has 2 aromatic rings. The maximum atomic E-state index is 12.7. The van der Waals surface area contributed by atoms with Crippen LogP contribution < -0.4 is 0 Å². The van der Waals surface area contributed by atoms with E-state index in [9.17, 15) is 13.2 Å². The molecule has 0 saturated heterocycles. The Hall–Kier alpha value is -1.00. The fourth-order valence-corrected chi connectivity index (χ4v) is 1.83. The molecule has 0 aliphatic carbocycles. The largest absolute Gasteiger partial charge is 0.417 e. The first-order valence-electron chi connectivity index (χ1n) is 4.21. The van der Waals surface area contributed by atoms with E-state index in [4.69, 9.17) is 23.2 Å². The van der Waals surface area contributed by atoms with Gasteiger partial charge in [-0.1, -0.05) is 35.3 Å². The SMILES string of the molecule is FC(F)(F)c1cc(Cl)nc2c(Cl)cccc12. The maximum absolute atomic E-state index is 12.7. The van der Waals surface area contributed by atoms with Crippen molar-refractivity contribution < 1.29 is 13.2 Å². The second-order valence-electron chi connectivity index (χ2n) is 3.13. The summed E-state index contributed by atoms with van der Waals surface area (Å²) in [5.41, 5.74) is -0.769. The molecule has 1 heterocycles. The third-order valence-electron chi connectivity index (χ3n) is 2.06. The lowest BCUT2D eigenvalue weighted by molar-refractivity contribution is -0.136. The average Bonchev–Trinajstić information content (AvgIpc) is 2.17. The Labute approximate surface area is 98.8 Å². The number of pyridine rings is 1. The highest BCUT2D eigenvalue weighted by atomic mass is 35.5. The molecule has 0 spiro atoms. The summed E-state index contributed by atoms with van der Waals surface area (Å²) in [6.07, 6.45) is -4.48. The summed E-state index contributed by atoms with van der Waals surface area (Å²) in [5, 5.41) is -0.136. The summed E-state index contributed by atoms with van der Waals surface area (Å²) in [6.45, 7) is 0. The highest BCUT2D eigenvalue weighted by Crippen LogP contribution is 2.37. The Kier molecular flexibility index (Phi) is 2.72. The van der Waals surface area contributed by atoms with Gasteiger partial charge in [-0.05, 0) is 12.1 Å². The lowest BCUT2D eigenvalue weighted by Crippen LogP contribution is -2.06. The monoisotopic (exact) mass is 265 g/mol. The first-order valence-corrected chi connectivity index (χ1v) is 4.97. The van der Waals surface area contributed by atoms with Gasteiger partial charge in [0.25, 0.3) is 0 Å². The topological polar surface area (TPSA) is 12.9 Å². The number of aromatic nitrogens is 1. The van der Waals surface area contributed by atoms with E-state index in [1.165, 1.54) is 18.2 Å². The quantitative estimate of drug-likeness (QED) is 0.637. The second-order valence-corrected chi connectivity index (χ2v) is 3.92. The zero-order chi connectivity index (χ0) is 11.9. The van der Waals surface area contributed by atoms with Gasteiger partial charge in [0, 0.05) is 5.39 Å². The number of fused-ring (bicyclic) bond motifs is 1. The van der Waals surface area contributed by atoms with Gasteiger partial charge < -0.3 is 0 Å². The molecule has 0 atom stereocenters. The summed E-state index contributed by atoms with van der Waals surface area (Å²) in [5.74, 6) is 0. The van der Waals surface area contributed by atoms with Gasteiger partial charge in [-0.2, -0.15) is 13.2 Å². The van der Waals surface area contributed by atoms with Crippen molar-refractivity contribution in [2.75, 3.05) is 0 Å². The summed E-state index contributed by atoms with van der Waals surface area (Å²) < 4.78 is 38.1. The van der Waals surface area contributed by atoms with E-state index in [1.54, 1.807) is 0 Å². The molecule has 1 nitrogen and oxygen atoms in total. The van der Waals surface area contributed by atoms with Crippen LogP contribution in [0.3, 0.4) is 0 Å². The van der Waals surface area contributed by atoms with Crippen molar-refractivity contribution in [2.45, 2.75) is 6.18 Å². The van der Waals surface area contributed by atoms with E-state index in [0.717, 1.165) is 6.07 Å². The van der Waals surface area contributed by atoms with Crippen LogP contribution in [0.4, 0.5) is 13.2 Å². The summed E-state index contributed by atoms with van der Waals surface area (Å²) in [7, 11) is 0. The second kappa shape index (κ2) is 3.79. The van der Waals surface area contributed by atoms with Gasteiger partial charge in [0.2, 0.25) is 0 Å². The molecule has 1 aromatic carbocycles. The molecular formula is C10H4Cl2F3N. The van der Waals surface area contributed by atoms with Crippen LogP contribution in [0, 0.1) is 0 Å². The van der Waals surface area contributed by atoms with Gasteiger partial charge >= 0.3 is 6.18 Å². The number of halogens is 5. The van der Waals surface area contributed by atoms with E-state index in [2.05, 4.69) is 4.98 Å². The Bertz CT molecular complexity index is 551. The van der Waals surface area contributed by atoms with Crippen LogP contribution in [0.25, 0.3) is 10.9 Å². The van der Waals surface area contributed by atoms with E-state index >= 15 is 0 Å². The molecule has 0 radical (unpaired) electrons. The zero-order valence-corrected chi connectivity index (χ0v) is 9.16. The molecule has 2 rings (SSSR count). The van der Waals surface area contributed by atoms with Crippen molar-refractivity contribution in [2.24, 2.45) is 0 Å². The predicted octanol–water partition coefficient (Wildman–Crippen LogP) is 4.56. The van der Waals surface area contributed by atoms with Gasteiger partial charge in [0.05, 0.1) is 16.1 Å². The van der Waals surface area contributed by atoms with Crippen molar-refractivity contribution >= 4 is 34.1 Å². The number of benzene rings is 1. The Morgan fingerprint density at radius 3 is 2.44 bits per heavy atom. The van der Waals surface area contributed by atoms with Crippen molar-refractivity contribution in [3.05, 3.63) is 40.0 Å². The minimum absolute atomic E-state index is 0.0515. The standard InChI is InChI=1S/C10H4Cl2F3N/c11-7-3-1-2-5-6(10(13,14)15)4-8(12)16-9(5)7/h1-4H. The number of hydrogen-bond donors (Lipinski definition) is 0. The van der Waals surface area contributed by atoms with Gasteiger partial charge in [-0.15, -0.1) is 0 Å².